The van der Waals surface area contributed by atoms with Gasteiger partial charge in [0.25, 0.3) is 0 Å². The van der Waals surface area contributed by atoms with Gasteiger partial charge in [-0.15, -0.1) is 0 Å². The maximum absolute atomic E-state index is 12.0. The first-order valence-electron chi connectivity index (χ1n) is 6.64. The van der Waals surface area contributed by atoms with Gasteiger partial charge >= 0.3 is 5.97 Å². The number of aliphatic hydroxyl groups excluding tert-OH is 1. The van der Waals surface area contributed by atoms with Gasteiger partial charge in [-0.05, 0) is 29.6 Å². The van der Waals surface area contributed by atoms with Gasteiger partial charge in [0, 0.05) is 6.42 Å². The van der Waals surface area contributed by atoms with Crippen molar-refractivity contribution in [2.24, 2.45) is 22.7 Å². The highest BCUT2D eigenvalue weighted by Gasteiger charge is 2.58. The molecule has 2 aliphatic rings. The topological polar surface area (TPSA) is 74.6 Å². The fourth-order valence-corrected chi connectivity index (χ4v) is 4.19. The van der Waals surface area contributed by atoms with E-state index < -0.39 is 23.4 Å². The second-order valence-electron chi connectivity index (χ2n) is 6.83. The molecule has 4 heteroatoms. The summed E-state index contributed by atoms with van der Waals surface area (Å²) in [4.78, 5) is 23.2. The molecule has 2 saturated carbocycles. The van der Waals surface area contributed by atoms with E-state index in [4.69, 9.17) is 5.11 Å². The highest BCUT2D eigenvalue weighted by atomic mass is 16.4. The van der Waals surface area contributed by atoms with E-state index in [1.165, 1.54) is 0 Å². The van der Waals surface area contributed by atoms with E-state index in [0.29, 0.717) is 0 Å². The third kappa shape index (κ3) is 1.78. The Morgan fingerprint density at radius 1 is 1.28 bits per heavy atom. The lowest BCUT2D eigenvalue weighted by molar-refractivity contribution is -0.177. The number of hydrogen-bond acceptors (Lipinski definition) is 3. The Balaban J connectivity index is 2.40. The molecule has 0 aromatic carbocycles. The van der Waals surface area contributed by atoms with Crippen LogP contribution in [0.4, 0.5) is 0 Å². The lowest BCUT2D eigenvalue weighted by atomic mass is 9.49. The third-order valence-corrected chi connectivity index (χ3v) is 5.29. The van der Waals surface area contributed by atoms with Crippen LogP contribution < -0.4 is 0 Å². The molecule has 0 aromatic heterocycles. The normalized spacial score (nSPS) is 43.3. The number of carbonyl (C=O) groups excluding carboxylic acids is 1. The van der Waals surface area contributed by atoms with E-state index in [9.17, 15) is 14.7 Å². The van der Waals surface area contributed by atoms with Crippen molar-refractivity contribution >= 4 is 11.8 Å². The van der Waals surface area contributed by atoms with Crippen LogP contribution in [0, 0.1) is 22.7 Å². The quantitative estimate of drug-likeness (QED) is 0.700. The van der Waals surface area contributed by atoms with Gasteiger partial charge in [0.15, 0.2) is 0 Å². The van der Waals surface area contributed by atoms with Crippen LogP contribution in [-0.4, -0.2) is 28.1 Å². The Kier molecular flexibility index (Phi) is 3.05. The molecule has 0 saturated heterocycles. The summed E-state index contributed by atoms with van der Waals surface area (Å²) in [5, 5.41) is 19.5. The lowest BCUT2D eigenvalue weighted by Crippen LogP contribution is -2.59. The summed E-state index contributed by atoms with van der Waals surface area (Å²) in [7, 11) is 0. The molecule has 2 fully saturated rings. The van der Waals surface area contributed by atoms with Crippen molar-refractivity contribution in [2.45, 2.75) is 52.6 Å². The molecule has 0 amide bonds. The summed E-state index contributed by atoms with van der Waals surface area (Å²) >= 11 is 0. The lowest BCUT2D eigenvalue weighted by Gasteiger charge is -2.56. The summed E-state index contributed by atoms with van der Waals surface area (Å²) < 4.78 is 0. The molecular formula is C14H22O4. The Labute approximate surface area is 107 Å². The van der Waals surface area contributed by atoms with Crippen molar-refractivity contribution in [3.8, 4) is 0 Å². The number of aliphatic carboxylic acids is 1. The zero-order chi connectivity index (χ0) is 13.7. The molecule has 0 spiro atoms. The number of carboxylic acid groups (broad SMARTS) is 1. The number of carboxylic acids is 1. The monoisotopic (exact) mass is 254 g/mol. The summed E-state index contributed by atoms with van der Waals surface area (Å²) in [5.74, 6) is -2.65. The molecule has 18 heavy (non-hydrogen) atoms. The first-order chi connectivity index (χ1) is 8.20. The first-order valence-corrected chi connectivity index (χ1v) is 6.64. The van der Waals surface area contributed by atoms with Gasteiger partial charge < -0.3 is 10.2 Å². The van der Waals surface area contributed by atoms with Gasteiger partial charge in [-0.25, -0.2) is 0 Å². The smallest absolute Gasteiger partial charge is 0.316 e. The van der Waals surface area contributed by atoms with Crippen molar-refractivity contribution in [3.63, 3.8) is 0 Å². The minimum absolute atomic E-state index is 0.00683. The minimum atomic E-state index is -1.24. The standard InChI is InChI=1S/C14H22O4/c1-13(2)5-4-6-14(3)9(13)7-8(15)10(11(14)16)12(17)18/h9-11,16H,4-7H2,1-3H3,(H,17,18)/t9-,10+,11+,14+/m1/s1. The second kappa shape index (κ2) is 4.05. The molecule has 0 heterocycles. The number of Topliss-reactive ketones (excluding diaryl/α,β-unsaturated/α-hetero) is 1. The zero-order valence-corrected chi connectivity index (χ0v) is 11.3. The largest absolute Gasteiger partial charge is 0.481 e. The summed E-state index contributed by atoms with van der Waals surface area (Å²) in [6, 6.07) is 0. The number of carbonyl (C=O) groups is 2. The van der Waals surface area contributed by atoms with E-state index in [-0.39, 0.29) is 23.5 Å². The highest BCUT2D eigenvalue weighted by molar-refractivity contribution is 5.99. The van der Waals surface area contributed by atoms with E-state index in [2.05, 4.69) is 13.8 Å². The number of fused-ring (bicyclic) bond motifs is 1. The Morgan fingerprint density at radius 2 is 1.89 bits per heavy atom. The SMILES string of the molecule is CC1(C)CCC[C@@]2(C)[C@@H]1CC(=O)[C@H](C(=O)O)[C@@H]2O. The van der Waals surface area contributed by atoms with Crippen LogP contribution in [0.25, 0.3) is 0 Å². The van der Waals surface area contributed by atoms with E-state index >= 15 is 0 Å². The maximum Gasteiger partial charge on any atom is 0.316 e. The molecule has 2 rings (SSSR count). The Hall–Kier alpha value is -0.900. The average Bonchev–Trinajstić information content (AvgIpc) is 2.21. The van der Waals surface area contributed by atoms with Crippen LogP contribution in [0.2, 0.25) is 0 Å². The number of rotatable bonds is 1. The average molecular weight is 254 g/mol. The van der Waals surface area contributed by atoms with Gasteiger partial charge in [-0.1, -0.05) is 27.2 Å². The molecule has 0 bridgehead atoms. The van der Waals surface area contributed by atoms with Gasteiger partial charge in [-0.3, -0.25) is 9.59 Å². The molecule has 2 aliphatic carbocycles. The third-order valence-electron chi connectivity index (χ3n) is 5.29. The number of ketones is 1. The molecule has 4 atom stereocenters. The van der Waals surface area contributed by atoms with E-state index in [1.54, 1.807) is 0 Å². The van der Waals surface area contributed by atoms with Crippen LogP contribution in [0.5, 0.6) is 0 Å². The highest BCUT2D eigenvalue weighted by Crippen LogP contribution is 2.57. The fraction of sp³-hybridized carbons (Fsp3) is 0.857. The van der Waals surface area contributed by atoms with E-state index in [0.717, 1.165) is 19.3 Å². The van der Waals surface area contributed by atoms with Crippen molar-refractivity contribution in [2.75, 3.05) is 0 Å². The minimum Gasteiger partial charge on any atom is -0.481 e. The van der Waals surface area contributed by atoms with Crippen molar-refractivity contribution in [1.29, 1.82) is 0 Å². The second-order valence-corrected chi connectivity index (χ2v) is 6.83. The molecule has 102 valence electrons. The van der Waals surface area contributed by atoms with E-state index in [1.807, 2.05) is 6.92 Å². The maximum atomic E-state index is 12.0. The molecule has 4 nitrogen and oxygen atoms in total. The number of aliphatic hydroxyl groups is 1. The van der Waals surface area contributed by atoms with Crippen molar-refractivity contribution < 1.29 is 19.8 Å². The predicted molar refractivity (Wildman–Crippen MR) is 66.0 cm³/mol. The molecule has 0 aliphatic heterocycles. The summed E-state index contributed by atoms with van der Waals surface area (Å²) in [6.45, 7) is 6.19. The summed E-state index contributed by atoms with van der Waals surface area (Å²) in [6.07, 6.45) is 2.06. The molecule has 2 N–H and O–H groups in total. The summed E-state index contributed by atoms with van der Waals surface area (Å²) in [5.41, 5.74) is -0.453. The first kappa shape index (κ1) is 13.5. The van der Waals surface area contributed by atoms with Gasteiger partial charge in [0.05, 0.1) is 6.10 Å². The number of hydrogen-bond donors (Lipinski definition) is 2. The Bertz CT molecular complexity index is 387. The van der Waals surface area contributed by atoms with Crippen molar-refractivity contribution in [1.82, 2.24) is 0 Å². The fourth-order valence-electron chi connectivity index (χ4n) is 4.19. The van der Waals surface area contributed by atoms with Crippen LogP contribution in [0.3, 0.4) is 0 Å². The molecule has 0 aromatic rings. The van der Waals surface area contributed by atoms with Crippen LogP contribution >= 0.6 is 0 Å². The van der Waals surface area contributed by atoms with Crippen molar-refractivity contribution in [3.05, 3.63) is 0 Å². The molecular weight excluding hydrogens is 232 g/mol. The van der Waals surface area contributed by atoms with Crippen LogP contribution in [0.1, 0.15) is 46.5 Å². The van der Waals surface area contributed by atoms with Gasteiger partial charge in [0.1, 0.15) is 11.7 Å². The predicted octanol–water partition coefficient (Wildman–Crippen LogP) is 1.85. The molecule has 0 unspecified atom stereocenters. The van der Waals surface area contributed by atoms with Crippen LogP contribution in [-0.2, 0) is 9.59 Å². The Morgan fingerprint density at radius 3 is 2.44 bits per heavy atom. The van der Waals surface area contributed by atoms with Gasteiger partial charge in [-0.2, -0.15) is 0 Å². The molecule has 0 radical (unpaired) electrons. The van der Waals surface area contributed by atoms with Crippen LogP contribution in [0.15, 0.2) is 0 Å². The van der Waals surface area contributed by atoms with Gasteiger partial charge in [0.2, 0.25) is 0 Å². The zero-order valence-electron chi connectivity index (χ0n) is 11.3.